The van der Waals surface area contributed by atoms with Crippen molar-refractivity contribution in [1.82, 2.24) is 25.4 Å². The summed E-state index contributed by atoms with van der Waals surface area (Å²) in [5.74, 6) is 0.608. The van der Waals surface area contributed by atoms with Gasteiger partial charge in [0.25, 0.3) is 0 Å². The summed E-state index contributed by atoms with van der Waals surface area (Å²) in [6, 6.07) is 10.5. The van der Waals surface area contributed by atoms with Crippen molar-refractivity contribution < 1.29 is 13.2 Å². The zero-order valence-corrected chi connectivity index (χ0v) is 12.1. The second-order valence-corrected chi connectivity index (χ2v) is 5.24. The number of aromatic nitrogens is 5. The van der Waals surface area contributed by atoms with E-state index in [0.717, 1.165) is 28.6 Å². The molecule has 5 nitrogen and oxygen atoms in total. The van der Waals surface area contributed by atoms with Crippen LogP contribution in [-0.4, -0.2) is 25.4 Å². The third-order valence-corrected chi connectivity index (χ3v) is 3.74. The molecule has 0 atom stereocenters. The van der Waals surface area contributed by atoms with E-state index in [0.29, 0.717) is 17.1 Å². The average Bonchev–Trinajstić information content (AvgIpc) is 3.23. The van der Waals surface area contributed by atoms with Gasteiger partial charge in [-0.25, -0.2) is 4.98 Å². The van der Waals surface area contributed by atoms with Gasteiger partial charge in [-0.15, -0.1) is 0 Å². The Balaban J connectivity index is 1.80. The summed E-state index contributed by atoms with van der Waals surface area (Å²) in [5.41, 5.74) is 2.10. The molecule has 2 heterocycles. The van der Waals surface area contributed by atoms with Gasteiger partial charge in [-0.05, 0) is 30.3 Å². The molecule has 4 aromatic rings. The van der Waals surface area contributed by atoms with Crippen molar-refractivity contribution in [2.45, 2.75) is 6.18 Å². The van der Waals surface area contributed by atoms with Gasteiger partial charge in [0.2, 0.25) is 0 Å². The monoisotopic (exact) mass is 329 g/mol. The predicted molar refractivity (Wildman–Crippen MR) is 81.9 cm³/mol. The molecule has 2 aromatic heterocycles. The summed E-state index contributed by atoms with van der Waals surface area (Å²) in [6.07, 6.45) is -2.95. The van der Waals surface area contributed by atoms with Crippen LogP contribution >= 0.6 is 0 Å². The highest BCUT2D eigenvalue weighted by atomic mass is 19.4. The fourth-order valence-corrected chi connectivity index (χ4v) is 2.54. The summed E-state index contributed by atoms with van der Waals surface area (Å²) in [7, 11) is 0. The third-order valence-electron chi connectivity index (χ3n) is 3.74. The summed E-state index contributed by atoms with van der Waals surface area (Å²) in [4.78, 5) is 4.10. The molecule has 0 spiro atoms. The molecule has 0 aliphatic carbocycles. The average molecular weight is 329 g/mol. The van der Waals surface area contributed by atoms with Gasteiger partial charge >= 0.3 is 6.18 Å². The van der Waals surface area contributed by atoms with E-state index in [1.165, 1.54) is 18.5 Å². The van der Waals surface area contributed by atoms with E-state index in [-0.39, 0.29) is 0 Å². The normalized spacial score (nSPS) is 12.0. The van der Waals surface area contributed by atoms with Crippen LogP contribution in [-0.2, 0) is 6.18 Å². The minimum absolute atomic E-state index is 0.583. The molecular formula is C16H10F3N5. The van der Waals surface area contributed by atoms with Gasteiger partial charge in [0.05, 0.1) is 16.8 Å². The molecule has 0 fully saturated rings. The number of nitrogens with one attached hydrogen (secondary N) is 2. The Morgan fingerprint density at radius 1 is 0.875 bits per heavy atom. The largest absolute Gasteiger partial charge is 0.416 e. The molecule has 0 bridgehead atoms. The van der Waals surface area contributed by atoms with Crippen LogP contribution in [0.15, 0.2) is 48.8 Å². The number of benzene rings is 2. The van der Waals surface area contributed by atoms with Crippen LogP contribution in [0.5, 0.6) is 0 Å². The van der Waals surface area contributed by atoms with Crippen LogP contribution in [0.2, 0.25) is 0 Å². The highest BCUT2D eigenvalue weighted by molar-refractivity contribution is 5.95. The Morgan fingerprint density at radius 3 is 2.29 bits per heavy atom. The van der Waals surface area contributed by atoms with Crippen LogP contribution in [0.1, 0.15) is 5.56 Å². The first-order valence-corrected chi connectivity index (χ1v) is 7.04. The molecule has 0 unspecified atom stereocenters. The van der Waals surface area contributed by atoms with E-state index in [2.05, 4.69) is 25.4 Å². The maximum Gasteiger partial charge on any atom is 0.416 e. The number of fused-ring (bicyclic) bond motifs is 1. The first-order valence-electron chi connectivity index (χ1n) is 7.04. The number of rotatable bonds is 2. The Bertz CT molecular complexity index is 985. The van der Waals surface area contributed by atoms with Crippen molar-refractivity contribution in [3.8, 4) is 22.6 Å². The fraction of sp³-hybridized carbons (Fsp3) is 0.0625. The zero-order chi connectivity index (χ0) is 16.7. The van der Waals surface area contributed by atoms with Crippen LogP contribution in [0.4, 0.5) is 13.2 Å². The zero-order valence-electron chi connectivity index (χ0n) is 12.1. The molecule has 0 aliphatic heterocycles. The lowest BCUT2D eigenvalue weighted by Gasteiger charge is -2.07. The number of H-pyrrole nitrogens is 2. The molecule has 4 rings (SSSR count). The van der Waals surface area contributed by atoms with Gasteiger partial charge < -0.3 is 0 Å². The number of nitrogens with zero attached hydrogens (tertiary/aromatic N) is 3. The molecule has 2 aromatic carbocycles. The van der Waals surface area contributed by atoms with Crippen LogP contribution in [0.25, 0.3) is 33.5 Å². The number of hydrogen-bond donors (Lipinski definition) is 2. The first kappa shape index (κ1) is 14.4. The molecule has 0 amide bonds. The molecular weight excluding hydrogens is 319 g/mol. The number of hydrogen-bond acceptors (Lipinski definition) is 3. The summed E-state index contributed by atoms with van der Waals surface area (Å²) >= 11 is 0. The summed E-state index contributed by atoms with van der Waals surface area (Å²) in [6.45, 7) is 0. The quantitative estimate of drug-likeness (QED) is 0.583. The van der Waals surface area contributed by atoms with Crippen molar-refractivity contribution in [2.24, 2.45) is 0 Å². The molecule has 120 valence electrons. The lowest BCUT2D eigenvalue weighted by molar-refractivity contribution is -0.137. The van der Waals surface area contributed by atoms with Crippen LogP contribution in [0.3, 0.4) is 0 Å². The van der Waals surface area contributed by atoms with Gasteiger partial charge in [0.15, 0.2) is 5.82 Å². The SMILES string of the molecule is FC(F)(F)c1ccc(-c2n[nH]c3ccc(-c4ncn[nH]4)cc23)cc1. The molecule has 2 N–H and O–H groups in total. The lowest BCUT2D eigenvalue weighted by Crippen LogP contribution is -2.04. The molecule has 0 radical (unpaired) electrons. The highest BCUT2D eigenvalue weighted by Crippen LogP contribution is 2.33. The Hall–Kier alpha value is -3.16. The van der Waals surface area contributed by atoms with Crippen molar-refractivity contribution in [1.29, 1.82) is 0 Å². The van der Waals surface area contributed by atoms with E-state index in [1.807, 2.05) is 18.2 Å². The topological polar surface area (TPSA) is 70.2 Å². The van der Waals surface area contributed by atoms with E-state index in [4.69, 9.17) is 0 Å². The molecule has 0 saturated heterocycles. The second-order valence-electron chi connectivity index (χ2n) is 5.24. The number of alkyl halides is 3. The number of halogens is 3. The Labute approximate surface area is 133 Å². The highest BCUT2D eigenvalue weighted by Gasteiger charge is 2.30. The van der Waals surface area contributed by atoms with Crippen molar-refractivity contribution in [3.63, 3.8) is 0 Å². The molecule has 24 heavy (non-hydrogen) atoms. The van der Waals surface area contributed by atoms with E-state index in [1.54, 1.807) is 0 Å². The van der Waals surface area contributed by atoms with Crippen molar-refractivity contribution >= 4 is 10.9 Å². The predicted octanol–water partition coefficient (Wildman–Crippen LogP) is 4.03. The van der Waals surface area contributed by atoms with Crippen LogP contribution in [0, 0.1) is 0 Å². The standard InChI is InChI=1S/C16H10F3N5/c17-16(18,19)11-4-1-9(2-5-11)14-12-7-10(15-20-8-21-24-15)3-6-13(12)22-23-14/h1-8H,(H,22,23)(H,20,21,24). The lowest BCUT2D eigenvalue weighted by atomic mass is 10.0. The van der Waals surface area contributed by atoms with Gasteiger partial charge in [0, 0.05) is 16.5 Å². The van der Waals surface area contributed by atoms with Crippen molar-refractivity contribution in [3.05, 3.63) is 54.4 Å². The van der Waals surface area contributed by atoms with Gasteiger partial charge in [0.1, 0.15) is 6.33 Å². The van der Waals surface area contributed by atoms with Crippen LogP contribution < -0.4 is 0 Å². The van der Waals surface area contributed by atoms with E-state index < -0.39 is 11.7 Å². The smallest absolute Gasteiger partial charge is 0.277 e. The Kier molecular flexibility index (Phi) is 3.12. The van der Waals surface area contributed by atoms with Gasteiger partial charge in [-0.2, -0.15) is 23.4 Å². The molecule has 8 heteroatoms. The summed E-state index contributed by atoms with van der Waals surface area (Å²) < 4.78 is 38.1. The number of aromatic amines is 2. The molecule has 0 saturated carbocycles. The van der Waals surface area contributed by atoms with E-state index >= 15 is 0 Å². The van der Waals surface area contributed by atoms with Gasteiger partial charge in [-0.1, -0.05) is 12.1 Å². The summed E-state index contributed by atoms with van der Waals surface area (Å²) in [5, 5.41) is 14.5. The van der Waals surface area contributed by atoms with Crippen molar-refractivity contribution in [2.75, 3.05) is 0 Å². The minimum atomic E-state index is -4.36. The maximum absolute atomic E-state index is 12.7. The Morgan fingerprint density at radius 2 is 1.62 bits per heavy atom. The first-order chi connectivity index (χ1) is 11.5. The van der Waals surface area contributed by atoms with Gasteiger partial charge in [-0.3, -0.25) is 10.2 Å². The van der Waals surface area contributed by atoms with E-state index in [9.17, 15) is 13.2 Å². The minimum Gasteiger partial charge on any atom is -0.277 e. The fourth-order valence-electron chi connectivity index (χ4n) is 2.54. The second kappa shape index (κ2) is 5.19. The molecule has 0 aliphatic rings. The maximum atomic E-state index is 12.7. The third kappa shape index (κ3) is 2.41.